The van der Waals surface area contributed by atoms with Crippen LogP contribution in [-0.2, 0) is 11.3 Å². The maximum absolute atomic E-state index is 12.7. The number of fused-ring (bicyclic) bond motifs is 2. The third-order valence-corrected chi connectivity index (χ3v) is 6.32. The summed E-state index contributed by atoms with van der Waals surface area (Å²) >= 11 is 1.49. The van der Waals surface area contributed by atoms with Crippen LogP contribution in [0.15, 0.2) is 41.7 Å². The molecule has 5 rings (SSSR count). The van der Waals surface area contributed by atoms with Gasteiger partial charge in [-0.1, -0.05) is 11.8 Å². The van der Waals surface area contributed by atoms with Crippen molar-refractivity contribution in [2.45, 2.75) is 11.8 Å². The van der Waals surface area contributed by atoms with Crippen molar-refractivity contribution in [1.82, 2.24) is 19.7 Å². The zero-order chi connectivity index (χ0) is 24.0. The Bertz CT molecular complexity index is 1420. The van der Waals surface area contributed by atoms with Gasteiger partial charge < -0.3 is 19.1 Å². The Morgan fingerprint density at radius 2 is 1.85 bits per heavy atom. The second-order valence-electron chi connectivity index (χ2n) is 7.90. The average molecular weight is 478 g/mol. The Labute approximate surface area is 200 Å². The van der Waals surface area contributed by atoms with Gasteiger partial charge in [-0.2, -0.15) is 9.67 Å². The lowest BCUT2D eigenvalue weighted by Crippen LogP contribution is -2.11. The Morgan fingerprint density at radius 1 is 1.09 bits per heavy atom. The van der Waals surface area contributed by atoms with Crippen molar-refractivity contribution >= 4 is 34.5 Å². The molecule has 4 aromatic rings. The molecule has 3 heterocycles. The fraction of sp³-hybridized carbons (Fsp3) is 0.250. The topological polar surface area (TPSA) is 91.6 Å². The molecular formula is C24H23N5O4S. The van der Waals surface area contributed by atoms with Crippen LogP contribution < -0.4 is 14.4 Å². The predicted molar refractivity (Wildman–Crippen MR) is 130 cm³/mol. The van der Waals surface area contributed by atoms with Gasteiger partial charge >= 0.3 is 5.97 Å². The number of nitrogens with zero attached hydrogens (tertiary/aromatic N) is 5. The molecule has 2 aromatic carbocycles. The summed E-state index contributed by atoms with van der Waals surface area (Å²) in [6, 6.07) is 9.56. The molecule has 1 aliphatic rings. The van der Waals surface area contributed by atoms with E-state index in [0.29, 0.717) is 28.8 Å². The summed E-state index contributed by atoms with van der Waals surface area (Å²) in [5.74, 6) is 2.09. The van der Waals surface area contributed by atoms with E-state index in [4.69, 9.17) is 14.2 Å². The number of hydrogen-bond acceptors (Lipinski definition) is 9. The minimum absolute atomic E-state index is 0.236. The summed E-state index contributed by atoms with van der Waals surface area (Å²) in [4.78, 5) is 23.7. The Morgan fingerprint density at radius 3 is 2.50 bits per heavy atom. The molecule has 0 fully saturated rings. The van der Waals surface area contributed by atoms with Crippen LogP contribution in [0, 0.1) is 0 Å². The van der Waals surface area contributed by atoms with E-state index in [1.807, 2.05) is 55.6 Å². The first kappa shape index (κ1) is 22.0. The highest BCUT2D eigenvalue weighted by Gasteiger charge is 2.28. The first-order valence-corrected chi connectivity index (χ1v) is 11.7. The van der Waals surface area contributed by atoms with Crippen LogP contribution in [0.3, 0.4) is 0 Å². The van der Waals surface area contributed by atoms with E-state index in [-0.39, 0.29) is 12.6 Å². The highest BCUT2D eigenvalue weighted by atomic mass is 32.2. The molecule has 0 unspecified atom stereocenters. The molecule has 2 aromatic heterocycles. The SMILES string of the molecule is COc1cc2cc3c(c(-c4ccc(-n5nc(N(C)C)nc5SC)nc4)c2cc1OC)C(=O)OC3. The molecule has 0 atom stereocenters. The number of carbonyl (C=O) groups is 1. The molecule has 9 nitrogen and oxygen atoms in total. The fourth-order valence-electron chi connectivity index (χ4n) is 4.07. The van der Waals surface area contributed by atoms with Crippen molar-refractivity contribution in [2.75, 3.05) is 39.5 Å². The molecular weight excluding hydrogens is 454 g/mol. The Balaban J connectivity index is 1.69. The molecule has 0 saturated carbocycles. The molecule has 174 valence electrons. The number of anilines is 1. The largest absolute Gasteiger partial charge is 0.493 e. The highest BCUT2D eigenvalue weighted by molar-refractivity contribution is 7.98. The van der Waals surface area contributed by atoms with E-state index < -0.39 is 0 Å². The van der Waals surface area contributed by atoms with Crippen molar-refractivity contribution in [3.8, 4) is 28.4 Å². The van der Waals surface area contributed by atoms with Crippen LogP contribution in [0.25, 0.3) is 27.7 Å². The lowest BCUT2D eigenvalue weighted by molar-refractivity contribution is 0.0535. The number of hydrogen-bond donors (Lipinski definition) is 0. The second kappa shape index (κ2) is 8.53. The quantitative estimate of drug-likeness (QED) is 0.302. The van der Waals surface area contributed by atoms with Crippen molar-refractivity contribution in [1.29, 1.82) is 0 Å². The van der Waals surface area contributed by atoms with Crippen molar-refractivity contribution in [3.05, 3.63) is 47.7 Å². The minimum Gasteiger partial charge on any atom is -0.493 e. The van der Waals surface area contributed by atoms with Gasteiger partial charge in [0.05, 0.1) is 19.8 Å². The smallest absolute Gasteiger partial charge is 0.339 e. The van der Waals surface area contributed by atoms with Gasteiger partial charge in [0.25, 0.3) is 0 Å². The number of esters is 1. The summed E-state index contributed by atoms with van der Waals surface area (Å²) < 4.78 is 18.1. The molecule has 0 spiro atoms. The van der Waals surface area contributed by atoms with Crippen molar-refractivity contribution in [2.24, 2.45) is 0 Å². The monoisotopic (exact) mass is 477 g/mol. The van der Waals surface area contributed by atoms with E-state index in [0.717, 1.165) is 32.6 Å². The number of carbonyl (C=O) groups excluding carboxylic acids is 1. The highest BCUT2D eigenvalue weighted by Crippen LogP contribution is 2.42. The van der Waals surface area contributed by atoms with E-state index in [1.165, 1.54) is 11.8 Å². The third kappa shape index (κ3) is 3.50. The number of benzene rings is 2. The maximum atomic E-state index is 12.7. The Hall–Kier alpha value is -3.79. The number of thioether (sulfide) groups is 1. The van der Waals surface area contributed by atoms with Gasteiger partial charge in [0, 0.05) is 37.0 Å². The molecule has 34 heavy (non-hydrogen) atoms. The van der Waals surface area contributed by atoms with E-state index in [1.54, 1.807) is 25.1 Å². The van der Waals surface area contributed by atoms with Gasteiger partial charge in [-0.3, -0.25) is 0 Å². The molecule has 1 aliphatic heterocycles. The van der Waals surface area contributed by atoms with E-state index in [2.05, 4.69) is 15.1 Å². The van der Waals surface area contributed by atoms with Crippen LogP contribution in [0.4, 0.5) is 5.95 Å². The number of aromatic nitrogens is 4. The van der Waals surface area contributed by atoms with E-state index >= 15 is 0 Å². The molecule has 0 saturated heterocycles. The van der Waals surface area contributed by atoms with Crippen LogP contribution >= 0.6 is 11.8 Å². The summed E-state index contributed by atoms with van der Waals surface area (Å²) in [6.45, 7) is 0.236. The standard InChI is InChI=1S/C24H23N5O4S/c1-28(2)23-26-24(34-5)29(27-23)19-7-6-13(11-25-19)20-16-10-18(32-4)17(31-3)9-14(16)8-15-12-33-22(30)21(15)20/h6-11H,12H2,1-5H3. The van der Waals surface area contributed by atoms with Gasteiger partial charge in [0.2, 0.25) is 5.95 Å². The summed E-state index contributed by atoms with van der Waals surface area (Å²) in [5, 5.41) is 7.06. The molecule has 0 amide bonds. The van der Waals surface area contributed by atoms with Crippen LogP contribution in [-0.4, -0.2) is 60.3 Å². The number of rotatable bonds is 6. The van der Waals surface area contributed by atoms with E-state index in [9.17, 15) is 4.79 Å². The van der Waals surface area contributed by atoms with Gasteiger partial charge in [0.1, 0.15) is 6.61 Å². The first-order chi connectivity index (χ1) is 16.4. The lowest BCUT2D eigenvalue weighted by atomic mass is 9.91. The normalized spacial score (nSPS) is 12.6. The fourth-order valence-corrected chi connectivity index (χ4v) is 4.55. The Kier molecular flexibility index (Phi) is 5.52. The number of ether oxygens (including phenoxy) is 3. The van der Waals surface area contributed by atoms with Crippen LogP contribution in [0.2, 0.25) is 0 Å². The maximum Gasteiger partial charge on any atom is 0.339 e. The van der Waals surface area contributed by atoms with Gasteiger partial charge in [-0.15, -0.1) is 5.10 Å². The van der Waals surface area contributed by atoms with Gasteiger partial charge in [0.15, 0.2) is 22.5 Å². The molecule has 0 N–H and O–H groups in total. The number of cyclic esters (lactones) is 1. The zero-order valence-corrected chi connectivity index (χ0v) is 20.3. The second-order valence-corrected chi connectivity index (χ2v) is 8.67. The van der Waals surface area contributed by atoms with Crippen LogP contribution in [0.1, 0.15) is 15.9 Å². The molecule has 0 aliphatic carbocycles. The summed E-state index contributed by atoms with van der Waals surface area (Å²) in [6.07, 6.45) is 3.69. The van der Waals surface area contributed by atoms with Crippen LogP contribution in [0.5, 0.6) is 11.5 Å². The zero-order valence-electron chi connectivity index (χ0n) is 19.4. The minimum atomic E-state index is -0.345. The lowest BCUT2D eigenvalue weighted by Gasteiger charge is -2.15. The first-order valence-electron chi connectivity index (χ1n) is 10.5. The summed E-state index contributed by atoms with van der Waals surface area (Å²) in [5.41, 5.74) is 2.93. The number of pyridine rings is 1. The predicted octanol–water partition coefficient (Wildman–Crippen LogP) is 3.96. The van der Waals surface area contributed by atoms with Gasteiger partial charge in [-0.05, 0) is 47.4 Å². The summed E-state index contributed by atoms with van der Waals surface area (Å²) in [7, 11) is 6.97. The van der Waals surface area contributed by atoms with Crippen molar-refractivity contribution in [3.63, 3.8) is 0 Å². The van der Waals surface area contributed by atoms with Gasteiger partial charge in [-0.25, -0.2) is 9.78 Å². The number of methoxy groups -OCH3 is 2. The van der Waals surface area contributed by atoms with Crippen molar-refractivity contribution < 1.29 is 19.0 Å². The average Bonchev–Trinajstić information content (AvgIpc) is 3.46. The molecule has 10 heteroatoms. The molecule has 0 radical (unpaired) electrons. The third-order valence-electron chi connectivity index (χ3n) is 5.69. The molecule has 0 bridgehead atoms.